The average Bonchev–Trinajstić information content (AvgIpc) is 2.53. The molecule has 4 atom stereocenters. The van der Waals surface area contributed by atoms with Crippen molar-refractivity contribution in [3.05, 3.63) is 35.4 Å². The van der Waals surface area contributed by atoms with Crippen LogP contribution in [0.2, 0.25) is 0 Å². The molecule has 0 radical (unpaired) electrons. The van der Waals surface area contributed by atoms with Crippen LogP contribution < -0.4 is 0 Å². The Labute approximate surface area is 148 Å². The minimum absolute atomic E-state index is 0.244. The number of benzene rings is 1. The summed E-state index contributed by atoms with van der Waals surface area (Å²) in [4.78, 5) is 2.70. The van der Waals surface area contributed by atoms with Crippen molar-refractivity contribution in [2.24, 2.45) is 0 Å². The van der Waals surface area contributed by atoms with Crippen molar-refractivity contribution in [3.63, 3.8) is 0 Å². The zero-order chi connectivity index (χ0) is 17.3. The second-order valence-electron chi connectivity index (χ2n) is 9.10. The van der Waals surface area contributed by atoms with Crippen molar-refractivity contribution in [1.82, 2.24) is 4.90 Å². The van der Waals surface area contributed by atoms with E-state index >= 15 is 0 Å². The molecular weight excluding hydrogens is 294 g/mol. The maximum absolute atomic E-state index is 5.92. The van der Waals surface area contributed by atoms with Crippen LogP contribution in [-0.2, 0) is 10.2 Å². The third-order valence-corrected chi connectivity index (χ3v) is 5.86. The van der Waals surface area contributed by atoms with Gasteiger partial charge in [0.15, 0.2) is 0 Å². The van der Waals surface area contributed by atoms with Gasteiger partial charge in [-0.15, -0.1) is 0 Å². The Morgan fingerprint density at radius 2 is 1.58 bits per heavy atom. The van der Waals surface area contributed by atoms with Crippen molar-refractivity contribution in [2.75, 3.05) is 13.1 Å². The topological polar surface area (TPSA) is 12.5 Å². The Morgan fingerprint density at radius 1 is 0.958 bits per heavy atom. The molecule has 0 N–H and O–H groups in total. The number of hydrogen-bond acceptors (Lipinski definition) is 2. The number of hydrogen-bond donors (Lipinski definition) is 0. The molecule has 24 heavy (non-hydrogen) atoms. The first kappa shape index (κ1) is 17.9. The summed E-state index contributed by atoms with van der Waals surface area (Å²) in [7, 11) is 0. The summed E-state index contributed by atoms with van der Waals surface area (Å²) < 4.78 is 5.92. The van der Waals surface area contributed by atoms with E-state index in [1.165, 1.54) is 31.2 Å². The van der Waals surface area contributed by atoms with Crippen LogP contribution in [0, 0.1) is 0 Å². The van der Waals surface area contributed by atoms with Crippen molar-refractivity contribution >= 4 is 0 Å². The molecule has 2 nitrogen and oxygen atoms in total. The molecule has 2 heteroatoms. The van der Waals surface area contributed by atoms with E-state index in [0.29, 0.717) is 12.2 Å². The Morgan fingerprint density at radius 3 is 2.17 bits per heavy atom. The molecule has 1 aliphatic carbocycles. The number of ether oxygens (including phenoxy) is 1. The van der Waals surface area contributed by atoms with Gasteiger partial charge < -0.3 is 4.74 Å². The lowest BCUT2D eigenvalue weighted by Crippen LogP contribution is -2.51. The molecule has 0 aromatic heterocycles. The Bertz CT molecular complexity index is 520. The van der Waals surface area contributed by atoms with Gasteiger partial charge in [0.2, 0.25) is 0 Å². The van der Waals surface area contributed by atoms with Crippen LogP contribution in [0.3, 0.4) is 0 Å². The molecule has 1 aliphatic heterocycles. The predicted octanol–water partition coefficient (Wildman–Crippen LogP) is 5.12. The molecule has 0 amide bonds. The lowest BCUT2D eigenvalue weighted by molar-refractivity contribution is -0.0848. The van der Waals surface area contributed by atoms with Gasteiger partial charge in [0.25, 0.3) is 0 Å². The van der Waals surface area contributed by atoms with Crippen LogP contribution in [0.15, 0.2) is 24.3 Å². The molecule has 1 aromatic rings. The van der Waals surface area contributed by atoms with E-state index in [1.54, 1.807) is 5.56 Å². The maximum Gasteiger partial charge on any atom is 0.0678 e. The van der Waals surface area contributed by atoms with Gasteiger partial charge in [-0.05, 0) is 55.6 Å². The zero-order valence-electron chi connectivity index (χ0n) is 16.2. The van der Waals surface area contributed by atoms with Gasteiger partial charge in [0.05, 0.1) is 12.2 Å². The third-order valence-electron chi connectivity index (χ3n) is 5.86. The van der Waals surface area contributed by atoms with E-state index in [-0.39, 0.29) is 5.41 Å². The monoisotopic (exact) mass is 329 g/mol. The van der Waals surface area contributed by atoms with Crippen LogP contribution in [0.5, 0.6) is 0 Å². The fourth-order valence-electron chi connectivity index (χ4n) is 4.57. The highest BCUT2D eigenvalue weighted by atomic mass is 16.5. The van der Waals surface area contributed by atoms with Gasteiger partial charge in [-0.3, -0.25) is 4.90 Å². The molecule has 0 bridgehead atoms. The molecule has 3 rings (SSSR count). The summed E-state index contributed by atoms with van der Waals surface area (Å²) >= 11 is 0. The highest BCUT2D eigenvalue weighted by molar-refractivity contribution is 5.30. The molecule has 0 spiro atoms. The zero-order valence-corrected chi connectivity index (χ0v) is 16.2. The second-order valence-corrected chi connectivity index (χ2v) is 9.10. The van der Waals surface area contributed by atoms with Gasteiger partial charge >= 0.3 is 0 Å². The van der Waals surface area contributed by atoms with Crippen LogP contribution >= 0.6 is 0 Å². The quantitative estimate of drug-likeness (QED) is 0.746. The molecule has 2 aliphatic rings. The van der Waals surface area contributed by atoms with E-state index in [4.69, 9.17) is 4.74 Å². The molecule has 1 saturated carbocycles. The third kappa shape index (κ3) is 4.21. The average molecular weight is 330 g/mol. The Balaban J connectivity index is 1.67. The standard InChI is InChI=1S/C22H35NO/c1-16-14-23(15-17(2)24-16)21-8-6-7-19(13-21)18-9-11-20(12-10-18)22(3,4)5/h9-12,16-17,19,21H,6-8,13-15H2,1-5H3/t16-,17+,19-,21+/m0/s1. The predicted molar refractivity (Wildman–Crippen MR) is 102 cm³/mol. The maximum atomic E-state index is 5.92. The molecular formula is C22H35NO. The second kappa shape index (κ2) is 7.17. The van der Waals surface area contributed by atoms with E-state index in [0.717, 1.165) is 25.0 Å². The Hall–Kier alpha value is -0.860. The lowest BCUT2D eigenvalue weighted by Gasteiger charge is -2.43. The van der Waals surface area contributed by atoms with Gasteiger partial charge in [0, 0.05) is 19.1 Å². The van der Waals surface area contributed by atoms with Gasteiger partial charge in [-0.25, -0.2) is 0 Å². The largest absolute Gasteiger partial charge is 0.373 e. The minimum Gasteiger partial charge on any atom is -0.373 e. The van der Waals surface area contributed by atoms with E-state index in [1.807, 2.05) is 0 Å². The summed E-state index contributed by atoms with van der Waals surface area (Å²) in [5.74, 6) is 0.728. The first-order valence-corrected chi connectivity index (χ1v) is 9.83. The molecule has 1 heterocycles. The van der Waals surface area contributed by atoms with Crippen LogP contribution in [-0.4, -0.2) is 36.2 Å². The highest BCUT2D eigenvalue weighted by Gasteiger charge is 2.32. The first-order chi connectivity index (χ1) is 11.3. The SMILES string of the molecule is C[C@@H]1CN([C@@H]2CCC[C@H](c3ccc(C(C)(C)C)cc3)C2)C[C@H](C)O1. The van der Waals surface area contributed by atoms with Gasteiger partial charge in [-0.2, -0.15) is 0 Å². The highest BCUT2D eigenvalue weighted by Crippen LogP contribution is 2.36. The van der Waals surface area contributed by atoms with E-state index in [9.17, 15) is 0 Å². The molecule has 0 unspecified atom stereocenters. The minimum atomic E-state index is 0.244. The fraction of sp³-hybridized carbons (Fsp3) is 0.727. The number of nitrogens with zero attached hydrogens (tertiary/aromatic N) is 1. The van der Waals surface area contributed by atoms with Crippen molar-refractivity contribution < 1.29 is 4.74 Å². The van der Waals surface area contributed by atoms with Crippen LogP contribution in [0.1, 0.15) is 77.3 Å². The van der Waals surface area contributed by atoms with Crippen molar-refractivity contribution in [1.29, 1.82) is 0 Å². The molecule has 1 saturated heterocycles. The summed E-state index contributed by atoms with van der Waals surface area (Å²) in [6.45, 7) is 13.5. The molecule has 134 valence electrons. The molecule has 1 aromatic carbocycles. The summed E-state index contributed by atoms with van der Waals surface area (Å²) in [5.41, 5.74) is 3.23. The van der Waals surface area contributed by atoms with E-state index in [2.05, 4.69) is 63.8 Å². The summed E-state index contributed by atoms with van der Waals surface area (Å²) in [5, 5.41) is 0. The number of rotatable bonds is 2. The van der Waals surface area contributed by atoms with Crippen molar-refractivity contribution in [3.8, 4) is 0 Å². The molecule has 2 fully saturated rings. The number of morpholine rings is 1. The summed E-state index contributed by atoms with van der Waals surface area (Å²) in [6.07, 6.45) is 6.13. The lowest BCUT2D eigenvalue weighted by atomic mass is 9.79. The first-order valence-electron chi connectivity index (χ1n) is 9.83. The summed E-state index contributed by atoms with van der Waals surface area (Å²) in [6, 6.07) is 10.2. The van der Waals surface area contributed by atoms with Gasteiger partial charge in [-0.1, -0.05) is 51.5 Å². The van der Waals surface area contributed by atoms with Gasteiger partial charge in [0.1, 0.15) is 0 Å². The van der Waals surface area contributed by atoms with Crippen molar-refractivity contribution in [2.45, 2.75) is 89.9 Å². The normalized spacial score (nSPS) is 32.7. The van der Waals surface area contributed by atoms with Crippen LogP contribution in [0.25, 0.3) is 0 Å². The fourth-order valence-corrected chi connectivity index (χ4v) is 4.57. The Kier molecular flexibility index (Phi) is 5.36. The van der Waals surface area contributed by atoms with E-state index < -0.39 is 0 Å². The van der Waals surface area contributed by atoms with Crippen LogP contribution in [0.4, 0.5) is 0 Å². The smallest absolute Gasteiger partial charge is 0.0678 e.